The van der Waals surface area contributed by atoms with Crippen molar-refractivity contribution in [2.24, 2.45) is 0 Å². The van der Waals surface area contributed by atoms with Crippen LogP contribution in [0.1, 0.15) is 47.9 Å². The minimum Gasteiger partial charge on any atom is -0.345 e. The van der Waals surface area contributed by atoms with Gasteiger partial charge in [0.15, 0.2) is 5.78 Å². The number of nitrogens with zero attached hydrogens (tertiary/aromatic N) is 1. The maximum atomic E-state index is 12.4. The van der Waals surface area contributed by atoms with Crippen molar-refractivity contribution >= 4 is 23.5 Å². The molecule has 0 aliphatic carbocycles. The van der Waals surface area contributed by atoms with E-state index in [2.05, 4.69) is 5.32 Å². The molecule has 1 aliphatic heterocycles. The van der Waals surface area contributed by atoms with Crippen LogP contribution in [0.4, 0.5) is 0 Å². The average molecular weight is 302 g/mol. The van der Waals surface area contributed by atoms with Crippen LogP contribution in [0, 0.1) is 0 Å². The number of Topliss-reactive ketones (excluding diaryl/α,β-unsaturated/α-hetero) is 1. The molecule has 0 saturated heterocycles. The first-order valence-electron chi connectivity index (χ1n) is 7.16. The first-order chi connectivity index (χ1) is 10.4. The monoisotopic (exact) mass is 302 g/mol. The van der Waals surface area contributed by atoms with Gasteiger partial charge in [-0.05, 0) is 32.4 Å². The summed E-state index contributed by atoms with van der Waals surface area (Å²) in [5, 5.41) is 2.54. The molecule has 1 aromatic rings. The van der Waals surface area contributed by atoms with E-state index in [4.69, 9.17) is 0 Å². The van der Waals surface area contributed by atoms with Crippen molar-refractivity contribution in [3.05, 3.63) is 35.4 Å². The zero-order valence-corrected chi connectivity index (χ0v) is 12.8. The fraction of sp³-hybridized carbons (Fsp3) is 0.375. The molecule has 0 bridgehead atoms. The molecule has 2 atom stereocenters. The lowest BCUT2D eigenvalue weighted by Gasteiger charge is -2.25. The number of carbonyl (C=O) groups is 4. The van der Waals surface area contributed by atoms with Gasteiger partial charge in [0.2, 0.25) is 5.91 Å². The molecule has 2 rings (SSSR count). The van der Waals surface area contributed by atoms with Crippen molar-refractivity contribution in [1.82, 2.24) is 10.2 Å². The zero-order valence-electron chi connectivity index (χ0n) is 12.8. The third-order valence-electron chi connectivity index (χ3n) is 3.80. The smallest absolute Gasteiger partial charge is 0.262 e. The molecule has 0 spiro atoms. The first-order valence-corrected chi connectivity index (χ1v) is 7.16. The average Bonchev–Trinajstić information content (AvgIpc) is 2.73. The molecule has 6 nitrogen and oxygen atoms in total. The predicted molar refractivity (Wildman–Crippen MR) is 79.3 cm³/mol. The topological polar surface area (TPSA) is 83.6 Å². The maximum absolute atomic E-state index is 12.4. The summed E-state index contributed by atoms with van der Waals surface area (Å²) in [7, 11) is 0. The molecule has 1 aromatic carbocycles. The van der Waals surface area contributed by atoms with Crippen molar-refractivity contribution in [3.63, 3.8) is 0 Å². The van der Waals surface area contributed by atoms with E-state index in [0.717, 1.165) is 4.90 Å². The maximum Gasteiger partial charge on any atom is 0.262 e. The molecule has 6 heteroatoms. The number of hydrogen-bond acceptors (Lipinski definition) is 4. The summed E-state index contributed by atoms with van der Waals surface area (Å²) in [6, 6.07) is 4.90. The lowest BCUT2D eigenvalue weighted by atomic mass is 10.1. The number of ketones is 1. The second-order valence-electron chi connectivity index (χ2n) is 5.29. The second-order valence-corrected chi connectivity index (χ2v) is 5.29. The van der Waals surface area contributed by atoms with Gasteiger partial charge >= 0.3 is 0 Å². The van der Waals surface area contributed by atoms with Crippen LogP contribution in [-0.2, 0) is 9.59 Å². The van der Waals surface area contributed by atoms with E-state index in [-0.39, 0.29) is 12.2 Å². The zero-order chi connectivity index (χ0) is 16.4. The van der Waals surface area contributed by atoms with Gasteiger partial charge in [0.25, 0.3) is 11.8 Å². The Morgan fingerprint density at radius 1 is 1.14 bits per heavy atom. The molecule has 116 valence electrons. The Kier molecular flexibility index (Phi) is 4.40. The van der Waals surface area contributed by atoms with Crippen LogP contribution < -0.4 is 5.32 Å². The lowest BCUT2D eigenvalue weighted by molar-refractivity contribution is -0.129. The summed E-state index contributed by atoms with van der Waals surface area (Å²) in [6.07, 6.45) is 0.280. The summed E-state index contributed by atoms with van der Waals surface area (Å²) in [5.41, 5.74) is 0.608. The van der Waals surface area contributed by atoms with E-state index < -0.39 is 29.8 Å². The standard InChI is InChI=1S/C16H18N2O4/c1-4-13(14(20)17-9(2)10(3)19)18-15(21)11-7-5-6-8-12(11)16(18)22/h5-9,13H,4H2,1-3H3,(H,17,20). The number of fused-ring (bicyclic) bond motifs is 1. The molecule has 2 unspecified atom stereocenters. The van der Waals surface area contributed by atoms with E-state index in [1.807, 2.05) is 0 Å². The Hall–Kier alpha value is -2.50. The molecule has 1 heterocycles. The van der Waals surface area contributed by atoms with Crippen LogP contribution in [0.2, 0.25) is 0 Å². The van der Waals surface area contributed by atoms with Crippen molar-refractivity contribution in [2.45, 2.75) is 39.3 Å². The molecular formula is C16H18N2O4. The molecule has 1 N–H and O–H groups in total. The SMILES string of the molecule is CCC(C(=O)NC(C)C(C)=O)N1C(=O)c2ccccc2C1=O. The van der Waals surface area contributed by atoms with Crippen LogP contribution in [0.15, 0.2) is 24.3 Å². The highest BCUT2D eigenvalue weighted by atomic mass is 16.2. The highest BCUT2D eigenvalue weighted by Gasteiger charge is 2.42. The summed E-state index contributed by atoms with van der Waals surface area (Å²) in [4.78, 5) is 49.3. The Morgan fingerprint density at radius 3 is 2.05 bits per heavy atom. The van der Waals surface area contributed by atoms with Crippen molar-refractivity contribution in [3.8, 4) is 0 Å². The molecule has 0 radical (unpaired) electrons. The number of carbonyl (C=O) groups excluding carboxylic acids is 4. The number of amides is 3. The quantitative estimate of drug-likeness (QED) is 0.827. The van der Waals surface area contributed by atoms with Gasteiger partial charge in [0.05, 0.1) is 17.2 Å². The Balaban J connectivity index is 2.26. The van der Waals surface area contributed by atoms with E-state index >= 15 is 0 Å². The largest absolute Gasteiger partial charge is 0.345 e. The summed E-state index contributed by atoms with van der Waals surface area (Å²) >= 11 is 0. The van der Waals surface area contributed by atoms with Gasteiger partial charge in [-0.25, -0.2) is 0 Å². The third-order valence-corrected chi connectivity index (χ3v) is 3.80. The number of nitrogens with one attached hydrogen (secondary N) is 1. The highest BCUT2D eigenvalue weighted by molar-refractivity contribution is 6.22. The molecule has 0 fully saturated rings. The van der Waals surface area contributed by atoms with Crippen LogP contribution in [-0.4, -0.2) is 40.5 Å². The Morgan fingerprint density at radius 2 is 1.64 bits per heavy atom. The van der Waals surface area contributed by atoms with E-state index in [9.17, 15) is 19.2 Å². The van der Waals surface area contributed by atoms with Gasteiger partial charge in [-0.3, -0.25) is 24.1 Å². The van der Waals surface area contributed by atoms with Crippen molar-refractivity contribution in [1.29, 1.82) is 0 Å². The van der Waals surface area contributed by atoms with Gasteiger partial charge in [-0.1, -0.05) is 19.1 Å². The van der Waals surface area contributed by atoms with Crippen LogP contribution in [0.3, 0.4) is 0 Å². The molecule has 3 amide bonds. The molecule has 0 aromatic heterocycles. The third kappa shape index (κ3) is 2.64. The van der Waals surface area contributed by atoms with E-state index in [0.29, 0.717) is 11.1 Å². The van der Waals surface area contributed by atoms with Crippen molar-refractivity contribution < 1.29 is 19.2 Å². The number of benzene rings is 1. The highest BCUT2D eigenvalue weighted by Crippen LogP contribution is 2.25. The molecular weight excluding hydrogens is 284 g/mol. The minimum atomic E-state index is -0.922. The van der Waals surface area contributed by atoms with Crippen LogP contribution >= 0.6 is 0 Å². The lowest BCUT2D eigenvalue weighted by Crippen LogP contribution is -2.52. The van der Waals surface area contributed by atoms with Gasteiger partial charge in [-0.2, -0.15) is 0 Å². The van der Waals surface area contributed by atoms with Crippen molar-refractivity contribution in [2.75, 3.05) is 0 Å². The second kappa shape index (κ2) is 6.09. The fourth-order valence-electron chi connectivity index (χ4n) is 2.39. The molecule has 1 aliphatic rings. The van der Waals surface area contributed by atoms with Gasteiger partial charge in [0, 0.05) is 0 Å². The van der Waals surface area contributed by atoms with Gasteiger partial charge in [-0.15, -0.1) is 0 Å². The molecule has 0 saturated carbocycles. The first kappa shape index (κ1) is 15.9. The van der Waals surface area contributed by atoms with Gasteiger partial charge in [0.1, 0.15) is 6.04 Å². The molecule has 22 heavy (non-hydrogen) atoms. The summed E-state index contributed by atoms with van der Waals surface area (Å²) < 4.78 is 0. The summed E-state index contributed by atoms with van der Waals surface area (Å²) in [6.45, 7) is 4.65. The minimum absolute atomic E-state index is 0.189. The summed E-state index contributed by atoms with van der Waals surface area (Å²) in [5.74, 6) is -1.64. The number of imide groups is 1. The number of hydrogen-bond donors (Lipinski definition) is 1. The predicted octanol–water partition coefficient (Wildman–Crippen LogP) is 1.15. The Labute approximate surface area is 128 Å². The fourth-order valence-corrected chi connectivity index (χ4v) is 2.39. The van der Waals surface area contributed by atoms with E-state index in [1.165, 1.54) is 6.92 Å². The van der Waals surface area contributed by atoms with E-state index in [1.54, 1.807) is 38.1 Å². The van der Waals surface area contributed by atoms with Gasteiger partial charge < -0.3 is 5.32 Å². The van der Waals surface area contributed by atoms with Crippen LogP contribution in [0.5, 0.6) is 0 Å². The van der Waals surface area contributed by atoms with Crippen LogP contribution in [0.25, 0.3) is 0 Å². The normalized spacial score (nSPS) is 16.2. The Bertz CT molecular complexity index is 618. The number of rotatable bonds is 5.